The lowest BCUT2D eigenvalue weighted by atomic mass is 9.31. The highest BCUT2D eigenvalue weighted by atomic mass is 16.5. The fourth-order valence-electron chi connectivity index (χ4n) is 9.20. The van der Waals surface area contributed by atoms with Crippen molar-refractivity contribution in [2.24, 2.45) is 0 Å². The van der Waals surface area contributed by atoms with Crippen LogP contribution in [0.25, 0.3) is 0 Å². The van der Waals surface area contributed by atoms with Gasteiger partial charge in [-0.2, -0.15) is 0 Å². The molecule has 5 nitrogen and oxygen atoms in total. The lowest BCUT2D eigenvalue weighted by molar-refractivity contribution is 0.482. The molecule has 1 aromatic heterocycles. The molecule has 0 unspecified atom stereocenters. The van der Waals surface area contributed by atoms with E-state index in [2.05, 4.69) is 179 Å². The quantitative estimate of drug-likeness (QED) is 0.168. The van der Waals surface area contributed by atoms with Gasteiger partial charge in [-0.1, -0.05) is 102 Å². The van der Waals surface area contributed by atoms with Gasteiger partial charge in [-0.15, -0.1) is 0 Å². The van der Waals surface area contributed by atoms with Gasteiger partial charge in [0.1, 0.15) is 23.0 Å². The molecule has 0 atom stereocenters. The van der Waals surface area contributed by atoms with E-state index in [9.17, 15) is 0 Å². The normalized spacial score (nSPS) is 14.5. The zero-order valence-electron chi connectivity index (χ0n) is 32.0. The van der Waals surface area contributed by atoms with Crippen molar-refractivity contribution in [3.63, 3.8) is 0 Å². The lowest BCUT2D eigenvalue weighted by Crippen LogP contribution is -2.63. The highest BCUT2D eigenvalue weighted by molar-refractivity contribution is 7.02. The SMILES string of the molecule is CC(C)(C)c1cc2c3c(c1)N(c1ccccc1)c1cc4c(cc1B3c1ccccc1O2)B1c2ccoc2N(c2ccccc2)c2cc(C(C)(C)C)cc(c21)O4. The Hall–Kier alpha value is -6.07. The molecule has 5 heterocycles. The van der Waals surface area contributed by atoms with Crippen molar-refractivity contribution in [2.75, 3.05) is 9.80 Å². The third-order valence-corrected chi connectivity index (χ3v) is 11.9. The summed E-state index contributed by atoms with van der Waals surface area (Å²) in [6.07, 6.45) is 1.84. The maximum atomic E-state index is 7.22. The van der Waals surface area contributed by atoms with Crippen LogP contribution < -0.4 is 52.1 Å². The molecule has 4 aliphatic heterocycles. The first-order valence-electron chi connectivity index (χ1n) is 19.3. The first kappa shape index (κ1) is 32.4. The molecule has 7 aromatic rings. The number of nitrogens with zero attached hydrogens (tertiary/aromatic N) is 2. The van der Waals surface area contributed by atoms with Gasteiger partial charge < -0.3 is 18.8 Å². The van der Waals surface area contributed by atoms with Crippen molar-refractivity contribution < 1.29 is 13.9 Å². The van der Waals surface area contributed by atoms with Crippen LogP contribution in [0, 0.1) is 0 Å². The molecule has 0 fully saturated rings. The summed E-state index contributed by atoms with van der Waals surface area (Å²) in [4.78, 5) is 4.70. The Labute approximate surface area is 323 Å². The van der Waals surface area contributed by atoms with Crippen molar-refractivity contribution in [3.8, 4) is 23.0 Å². The van der Waals surface area contributed by atoms with E-state index in [-0.39, 0.29) is 24.3 Å². The van der Waals surface area contributed by atoms with Crippen molar-refractivity contribution >= 4 is 80.5 Å². The highest BCUT2D eigenvalue weighted by Gasteiger charge is 2.48. The Morgan fingerprint density at radius 1 is 0.436 bits per heavy atom. The minimum atomic E-state index is -0.112. The topological polar surface area (TPSA) is 38.1 Å². The third-order valence-electron chi connectivity index (χ3n) is 11.9. The Bertz CT molecular complexity index is 2710. The van der Waals surface area contributed by atoms with Crippen molar-refractivity contribution in [1.82, 2.24) is 0 Å². The van der Waals surface area contributed by atoms with E-state index in [0.29, 0.717) is 0 Å². The van der Waals surface area contributed by atoms with Crippen LogP contribution in [0.4, 0.5) is 34.3 Å². The van der Waals surface area contributed by atoms with Gasteiger partial charge in [0.2, 0.25) is 0 Å². The number of furan rings is 1. The predicted octanol–water partition coefficient (Wildman–Crippen LogP) is 8.68. The Morgan fingerprint density at radius 3 is 1.62 bits per heavy atom. The molecule has 0 amide bonds. The number of rotatable bonds is 2. The average Bonchev–Trinajstić information content (AvgIpc) is 3.66. The Kier molecular flexibility index (Phi) is 6.61. The van der Waals surface area contributed by atoms with E-state index in [4.69, 9.17) is 13.9 Å². The predicted molar refractivity (Wildman–Crippen MR) is 228 cm³/mol. The summed E-state index contributed by atoms with van der Waals surface area (Å²) in [6.45, 7) is 13.5. The summed E-state index contributed by atoms with van der Waals surface area (Å²) in [5, 5.41) is 0. The third kappa shape index (κ3) is 4.68. The molecular formula is C48H40B2N2O3. The molecule has 0 radical (unpaired) electrons. The zero-order valence-corrected chi connectivity index (χ0v) is 32.0. The van der Waals surface area contributed by atoms with Gasteiger partial charge in [-0.25, -0.2) is 0 Å². The standard InChI is InChI=1S/C48H40B2N2O3/c1-47(2,3)29-23-38-44-42(25-29)54-40-20-14-13-19-33(40)49(44)35-27-36-41(28-37(35)51(38)31-15-9-7-10-16-31)55-43-26-30(48(4,5)6)24-39-45(43)50(36)34-21-22-53-46(34)52(39)32-17-11-8-12-18-32/h7-28H,1-6H3. The van der Waals surface area contributed by atoms with Crippen LogP contribution in [0.1, 0.15) is 52.7 Å². The zero-order chi connectivity index (χ0) is 37.4. The van der Waals surface area contributed by atoms with Gasteiger partial charge >= 0.3 is 0 Å². The smallest absolute Gasteiger partial charge is 0.260 e. The lowest BCUT2D eigenvalue weighted by Gasteiger charge is -2.43. The molecule has 4 aliphatic rings. The first-order valence-corrected chi connectivity index (χ1v) is 19.3. The molecule has 0 saturated carbocycles. The summed E-state index contributed by atoms with van der Waals surface area (Å²) in [5.41, 5.74) is 14.7. The number of hydrogen-bond donors (Lipinski definition) is 0. The van der Waals surface area contributed by atoms with Gasteiger partial charge in [-0.3, -0.25) is 4.90 Å². The number of para-hydroxylation sites is 3. The van der Waals surface area contributed by atoms with Crippen LogP contribution >= 0.6 is 0 Å². The molecule has 11 rings (SSSR count). The number of hydrogen-bond acceptors (Lipinski definition) is 5. The largest absolute Gasteiger partial charge is 0.458 e. The molecule has 0 N–H and O–H groups in total. The molecule has 0 bridgehead atoms. The van der Waals surface area contributed by atoms with Crippen molar-refractivity contribution in [3.05, 3.63) is 145 Å². The van der Waals surface area contributed by atoms with E-state index in [1.54, 1.807) is 0 Å². The number of fused-ring (bicyclic) bond motifs is 8. The van der Waals surface area contributed by atoms with E-state index in [0.717, 1.165) is 73.7 Å². The fourth-order valence-corrected chi connectivity index (χ4v) is 9.20. The van der Waals surface area contributed by atoms with Gasteiger partial charge in [0, 0.05) is 34.5 Å². The Balaban J connectivity index is 1.21. The number of anilines is 6. The van der Waals surface area contributed by atoms with E-state index < -0.39 is 0 Å². The summed E-state index contributed by atoms with van der Waals surface area (Å²) in [5.74, 6) is 4.42. The van der Waals surface area contributed by atoms with Gasteiger partial charge in [0.05, 0.1) is 6.26 Å². The maximum Gasteiger partial charge on any atom is 0.260 e. The minimum absolute atomic E-state index is 0.0402. The van der Waals surface area contributed by atoms with Crippen LogP contribution in [0.15, 0.2) is 138 Å². The van der Waals surface area contributed by atoms with Crippen LogP contribution in [0.3, 0.4) is 0 Å². The second kappa shape index (κ2) is 11.2. The fraction of sp³-hybridized carbons (Fsp3) is 0.167. The van der Waals surface area contributed by atoms with E-state index >= 15 is 0 Å². The molecule has 0 spiro atoms. The summed E-state index contributed by atoms with van der Waals surface area (Å²) in [6, 6.07) is 46.0. The second-order valence-corrected chi connectivity index (χ2v) is 17.4. The van der Waals surface area contributed by atoms with E-state index in [1.165, 1.54) is 27.5 Å². The first-order chi connectivity index (χ1) is 26.5. The average molecular weight is 714 g/mol. The summed E-state index contributed by atoms with van der Waals surface area (Å²) < 4.78 is 20.5. The highest BCUT2D eigenvalue weighted by Crippen LogP contribution is 2.47. The van der Waals surface area contributed by atoms with Crippen molar-refractivity contribution in [1.29, 1.82) is 0 Å². The molecule has 55 heavy (non-hydrogen) atoms. The monoisotopic (exact) mass is 714 g/mol. The van der Waals surface area contributed by atoms with Gasteiger partial charge in [0.25, 0.3) is 13.4 Å². The van der Waals surface area contributed by atoms with Gasteiger partial charge in [-0.05, 0) is 115 Å². The van der Waals surface area contributed by atoms with Gasteiger partial charge in [0.15, 0.2) is 5.88 Å². The summed E-state index contributed by atoms with van der Waals surface area (Å²) in [7, 11) is 0. The molecule has 7 heteroatoms. The number of ether oxygens (including phenoxy) is 2. The summed E-state index contributed by atoms with van der Waals surface area (Å²) >= 11 is 0. The molecule has 266 valence electrons. The van der Waals surface area contributed by atoms with Crippen LogP contribution in [0.2, 0.25) is 0 Å². The van der Waals surface area contributed by atoms with E-state index in [1.807, 2.05) is 6.26 Å². The van der Waals surface area contributed by atoms with Crippen LogP contribution in [-0.2, 0) is 10.8 Å². The van der Waals surface area contributed by atoms with Crippen LogP contribution in [-0.4, -0.2) is 13.4 Å². The molecule has 0 saturated heterocycles. The van der Waals surface area contributed by atoms with Crippen LogP contribution in [0.5, 0.6) is 23.0 Å². The van der Waals surface area contributed by atoms with Crippen molar-refractivity contribution in [2.45, 2.75) is 52.4 Å². The molecular weight excluding hydrogens is 674 g/mol. The molecule has 0 aliphatic carbocycles. The molecule has 6 aromatic carbocycles. The number of benzene rings is 6. The maximum absolute atomic E-state index is 7.22. The Morgan fingerprint density at radius 2 is 0.982 bits per heavy atom. The minimum Gasteiger partial charge on any atom is -0.458 e. The second-order valence-electron chi connectivity index (χ2n) is 17.4.